The molecular formula is C12H12Cl2N2S. The van der Waals surface area contributed by atoms with Crippen LogP contribution in [-0.4, -0.2) is 4.98 Å². The number of hydrogen-bond acceptors (Lipinski definition) is 3. The molecule has 2 rings (SSSR count). The van der Waals surface area contributed by atoms with E-state index in [0.29, 0.717) is 10.0 Å². The Labute approximate surface area is 114 Å². The molecular weight excluding hydrogens is 275 g/mol. The number of benzene rings is 1. The van der Waals surface area contributed by atoms with Crippen LogP contribution < -0.4 is 5.73 Å². The summed E-state index contributed by atoms with van der Waals surface area (Å²) in [5.74, 6) is 0. The molecule has 0 aliphatic carbocycles. The zero-order chi connectivity index (χ0) is 12.6. The van der Waals surface area contributed by atoms with Crippen LogP contribution in [0.4, 0.5) is 0 Å². The average Bonchev–Trinajstić information content (AvgIpc) is 2.61. The fraction of sp³-hybridized carbons (Fsp3) is 0.250. The Morgan fingerprint density at radius 1 is 1.29 bits per heavy atom. The topological polar surface area (TPSA) is 38.9 Å². The average molecular weight is 287 g/mol. The summed E-state index contributed by atoms with van der Waals surface area (Å²) in [6, 6.07) is 5.23. The summed E-state index contributed by atoms with van der Waals surface area (Å²) in [5, 5.41) is 2.05. The summed E-state index contributed by atoms with van der Waals surface area (Å²) in [4.78, 5) is 5.41. The first-order valence-corrected chi connectivity index (χ1v) is 6.71. The minimum atomic E-state index is -0.271. The van der Waals surface area contributed by atoms with Crippen molar-refractivity contribution in [3.63, 3.8) is 0 Å². The second-order valence-corrected chi connectivity index (χ2v) is 5.82. The Bertz CT molecular complexity index is 551. The predicted molar refractivity (Wildman–Crippen MR) is 74.1 cm³/mol. The third-order valence-corrected chi connectivity index (χ3v) is 4.53. The van der Waals surface area contributed by atoms with Crippen molar-refractivity contribution < 1.29 is 0 Å². The first-order chi connectivity index (χ1) is 8.00. The van der Waals surface area contributed by atoms with E-state index in [9.17, 15) is 0 Å². The van der Waals surface area contributed by atoms with Crippen molar-refractivity contribution in [2.24, 2.45) is 5.73 Å². The number of rotatable bonds is 2. The monoisotopic (exact) mass is 286 g/mol. The number of thiazole rings is 1. The molecule has 2 aromatic rings. The van der Waals surface area contributed by atoms with E-state index in [1.54, 1.807) is 17.4 Å². The summed E-state index contributed by atoms with van der Waals surface area (Å²) in [6.45, 7) is 3.92. The zero-order valence-electron chi connectivity index (χ0n) is 9.50. The molecule has 0 spiro atoms. The lowest BCUT2D eigenvalue weighted by Gasteiger charge is -2.13. The highest BCUT2D eigenvalue weighted by Crippen LogP contribution is 2.34. The molecule has 1 aromatic carbocycles. The summed E-state index contributed by atoms with van der Waals surface area (Å²) in [6.07, 6.45) is 0. The summed E-state index contributed by atoms with van der Waals surface area (Å²) < 4.78 is 0. The Morgan fingerprint density at radius 2 is 2.00 bits per heavy atom. The molecule has 0 aliphatic heterocycles. The lowest BCUT2D eigenvalue weighted by atomic mass is 10.1. The number of nitrogens with zero attached hydrogens (tertiary/aromatic N) is 1. The normalized spacial score (nSPS) is 12.8. The number of nitrogens with two attached hydrogens (primary N) is 1. The molecule has 0 amide bonds. The fourth-order valence-electron chi connectivity index (χ4n) is 1.74. The van der Waals surface area contributed by atoms with Crippen LogP contribution in [0.3, 0.4) is 0 Å². The zero-order valence-corrected chi connectivity index (χ0v) is 11.8. The highest BCUT2D eigenvalue weighted by Gasteiger charge is 2.18. The van der Waals surface area contributed by atoms with Crippen molar-refractivity contribution in [2.75, 3.05) is 0 Å². The lowest BCUT2D eigenvalue weighted by Crippen LogP contribution is -2.12. The van der Waals surface area contributed by atoms with Gasteiger partial charge in [-0.25, -0.2) is 4.98 Å². The SMILES string of the molecule is Cc1nc(C)c(C(N)c2cccc(Cl)c2Cl)s1. The van der Waals surface area contributed by atoms with Gasteiger partial charge in [0.25, 0.3) is 0 Å². The van der Waals surface area contributed by atoms with Gasteiger partial charge >= 0.3 is 0 Å². The van der Waals surface area contributed by atoms with E-state index in [1.807, 2.05) is 26.0 Å². The Balaban J connectivity index is 2.47. The van der Waals surface area contributed by atoms with Crippen molar-refractivity contribution >= 4 is 34.5 Å². The first kappa shape index (κ1) is 12.8. The van der Waals surface area contributed by atoms with Crippen LogP contribution in [0.1, 0.15) is 27.2 Å². The van der Waals surface area contributed by atoms with Crippen LogP contribution in [-0.2, 0) is 0 Å². The van der Waals surface area contributed by atoms with Crippen LogP contribution in [0, 0.1) is 13.8 Å². The molecule has 2 nitrogen and oxygen atoms in total. The van der Waals surface area contributed by atoms with Crippen LogP contribution >= 0.6 is 34.5 Å². The van der Waals surface area contributed by atoms with Crippen molar-refractivity contribution in [1.82, 2.24) is 4.98 Å². The third kappa shape index (κ3) is 2.47. The van der Waals surface area contributed by atoms with Gasteiger partial charge in [0.05, 0.1) is 26.8 Å². The number of aryl methyl sites for hydroxylation is 2. The molecule has 17 heavy (non-hydrogen) atoms. The van der Waals surface area contributed by atoms with Gasteiger partial charge in [0, 0.05) is 4.88 Å². The molecule has 5 heteroatoms. The van der Waals surface area contributed by atoms with Crippen LogP contribution in [0.25, 0.3) is 0 Å². The van der Waals surface area contributed by atoms with Gasteiger partial charge in [-0.15, -0.1) is 11.3 Å². The van der Waals surface area contributed by atoms with Crippen molar-refractivity contribution in [1.29, 1.82) is 0 Å². The molecule has 1 unspecified atom stereocenters. The number of hydrogen-bond donors (Lipinski definition) is 1. The molecule has 0 fully saturated rings. The summed E-state index contributed by atoms with van der Waals surface area (Å²) in [7, 11) is 0. The van der Waals surface area contributed by atoms with E-state index in [0.717, 1.165) is 21.1 Å². The van der Waals surface area contributed by atoms with Gasteiger partial charge in [-0.3, -0.25) is 0 Å². The molecule has 1 aromatic heterocycles. The second-order valence-electron chi connectivity index (χ2n) is 3.80. The molecule has 0 saturated carbocycles. The van der Waals surface area contributed by atoms with E-state index in [4.69, 9.17) is 28.9 Å². The van der Waals surface area contributed by atoms with Crippen molar-refractivity contribution in [3.8, 4) is 0 Å². The lowest BCUT2D eigenvalue weighted by molar-refractivity contribution is 0.877. The van der Waals surface area contributed by atoms with Gasteiger partial charge in [0.2, 0.25) is 0 Å². The van der Waals surface area contributed by atoms with Crippen LogP contribution in [0.15, 0.2) is 18.2 Å². The van der Waals surface area contributed by atoms with Gasteiger partial charge < -0.3 is 5.73 Å². The van der Waals surface area contributed by atoms with Gasteiger partial charge in [-0.1, -0.05) is 35.3 Å². The van der Waals surface area contributed by atoms with Gasteiger partial charge in [-0.05, 0) is 25.5 Å². The number of halogens is 2. The molecule has 2 N–H and O–H groups in total. The molecule has 1 atom stereocenters. The van der Waals surface area contributed by atoms with Gasteiger partial charge in [0.1, 0.15) is 0 Å². The minimum Gasteiger partial charge on any atom is -0.320 e. The maximum atomic E-state index is 6.23. The van der Waals surface area contributed by atoms with E-state index in [1.165, 1.54) is 0 Å². The maximum absolute atomic E-state index is 6.23. The molecule has 0 aliphatic rings. The van der Waals surface area contributed by atoms with E-state index in [-0.39, 0.29) is 6.04 Å². The minimum absolute atomic E-state index is 0.271. The summed E-state index contributed by atoms with van der Waals surface area (Å²) in [5.41, 5.74) is 8.02. The standard InChI is InChI=1S/C12H12Cl2N2S/c1-6-12(17-7(2)16-6)11(15)8-4-3-5-9(13)10(8)14/h3-5,11H,15H2,1-2H3. The predicted octanol–water partition coefficient (Wildman–Crippen LogP) is 4.11. The quantitative estimate of drug-likeness (QED) is 0.902. The molecule has 0 saturated heterocycles. The largest absolute Gasteiger partial charge is 0.320 e. The van der Waals surface area contributed by atoms with E-state index in [2.05, 4.69) is 4.98 Å². The van der Waals surface area contributed by atoms with Crippen LogP contribution in [0.5, 0.6) is 0 Å². The molecule has 1 heterocycles. The van der Waals surface area contributed by atoms with Crippen molar-refractivity contribution in [2.45, 2.75) is 19.9 Å². The highest BCUT2D eigenvalue weighted by molar-refractivity contribution is 7.11. The van der Waals surface area contributed by atoms with Crippen molar-refractivity contribution in [3.05, 3.63) is 49.4 Å². The molecule has 0 bridgehead atoms. The highest BCUT2D eigenvalue weighted by atomic mass is 35.5. The maximum Gasteiger partial charge on any atom is 0.0900 e. The van der Waals surface area contributed by atoms with E-state index < -0.39 is 0 Å². The van der Waals surface area contributed by atoms with Gasteiger partial charge in [0.15, 0.2) is 0 Å². The number of aromatic nitrogens is 1. The van der Waals surface area contributed by atoms with Crippen LogP contribution in [0.2, 0.25) is 10.0 Å². The molecule has 90 valence electrons. The Hall–Kier alpha value is -0.610. The van der Waals surface area contributed by atoms with E-state index >= 15 is 0 Å². The summed E-state index contributed by atoms with van der Waals surface area (Å²) >= 11 is 13.8. The molecule has 0 radical (unpaired) electrons. The second kappa shape index (κ2) is 4.94. The Morgan fingerprint density at radius 3 is 2.59 bits per heavy atom. The van der Waals surface area contributed by atoms with Gasteiger partial charge in [-0.2, -0.15) is 0 Å². The fourth-order valence-corrected chi connectivity index (χ4v) is 3.11. The first-order valence-electron chi connectivity index (χ1n) is 5.14. The smallest absolute Gasteiger partial charge is 0.0900 e. The third-order valence-electron chi connectivity index (χ3n) is 2.54. The Kier molecular flexibility index (Phi) is 3.73.